The van der Waals surface area contributed by atoms with E-state index in [0.29, 0.717) is 5.56 Å². The number of rotatable bonds is 5. The van der Waals surface area contributed by atoms with Crippen LogP contribution in [0, 0.1) is 11.3 Å². The quantitative estimate of drug-likeness (QED) is 0.807. The van der Waals surface area contributed by atoms with Gasteiger partial charge in [0.05, 0.1) is 5.56 Å². The fraction of sp³-hybridized carbons (Fsp3) is 0.364. The van der Waals surface area contributed by atoms with Gasteiger partial charge in [-0.15, -0.1) is 0 Å². The van der Waals surface area contributed by atoms with Crippen molar-refractivity contribution < 1.29 is 5.11 Å². The molecule has 0 amide bonds. The van der Waals surface area contributed by atoms with Gasteiger partial charge in [0, 0.05) is 23.3 Å². The summed E-state index contributed by atoms with van der Waals surface area (Å²) in [6.07, 6.45) is 1.75. The van der Waals surface area contributed by atoms with Crippen molar-refractivity contribution in [3.8, 4) is 6.07 Å². The number of anilines is 1. The minimum absolute atomic E-state index is 0.235. The Morgan fingerprint density at radius 3 is 2.80 bits per heavy atom. The SMILES string of the molecule is N#Cc1ccc(NCCCCO)cc1Br. The van der Waals surface area contributed by atoms with Gasteiger partial charge in [0.15, 0.2) is 0 Å². The minimum atomic E-state index is 0.235. The first kappa shape index (κ1) is 12.0. The molecule has 80 valence electrons. The van der Waals surface area contributed by atoms with Gasteiger partial charge in [-0.1, -0.05) is 0 Å². The second-order valence-corrected chi connectivity index (χ2v) is 4.02. The Kier molecular flexibility index (Phi) is 5.16. The van der Waals surface area contributed by atoms with E-state index in [1.807, 2.05) is 12.1 Å². The van der Waals surface area contributed by atoms with E-state index >= 15 is 0 Å². The highest BCUT2D eigenvalue weighted by atomic mass is 79.9. The summed E-state index contributed by atoms with van der Waals surface area (Å²) >= 11 is 3.33. The van der Waals surface area contributed by atoms with Crippen molar-refractivity contribution in [1.82, 2.24) is 0 Å². The lowest BCUT2D eigenvalue weighted by Gasteiger charge is -2.06. The van der Waals surface area contributed by atoms with Crippen molar-refractivity contribution in [2.45, 2.75) is 12.8 Å². The van der Waals surface area contributed by atoms with Gasteiger partial charge in [-0.3, -0.25) is 0 Å². The van der Waals surface area contributed by atoms with E-state index < -0.39 is 0 Å². The number of nitriles is 1. The molecule has 0 heterocycles. The van der Waals surface area contributed by atoms with Gasteiger partial charge >= 0.3 is 0 Å². The summed E-state index contributed by atoms with van der Waals surface area (Å²) in [6, 6.07) is 7.63. The van der Waals surface area contributed by atoms with Gasteiger partial charge < -0.3 is 10.4 Å². The van der Waals surface area contributed by atoms with Gasteiger partial charge in [-0.2, -0.15) is 5.26 Å². The van der Waals surface area contributed by atoms with E-state index in [1.54, 1.807) is 6.07 Å². The van der Waals surface area contributed by atoms with Crippen LogP contribution in [0.3, 0.4) is 0 Å². The maximum atomic E-state index is 8.73. The van der Waals surface area contributed by atoms with Gasteiger partial charge in [0.2, 0.25) is 0 Å². The van der Waals surface area contributed by atoms with Crippen LogP contribution >= 0.6 is 15.9 Å². The number of hydrogen-bond acceptors (Lipinski definition) is 3. The first-order valence-corrected chi connectivity index (χ1v) is 5.61. The maximum Gasteiger partial charge on any atom is 0.100 e. The molecule has 0 aliphatic rings. The zero-order chi connectivity index (χ0) is 11.1. The third-order valence-corrected chi connectivity index (χ3v) is 2.66. The van der Waals surface area contributed by atoms with Crippen LogP contribution in [0.1, 0.15) is 18.4 Å². The number of nitrogens with one attached hydrogen (secondary N) is 1. The second-order valence-electron chi connectivity index (χ2n) is 3.16. The number of unbranched alkanes of at least 4 members (excludes halogenated alkanes) is 1. The second kappa shape index (κ2) is 6.44. The fourth-order valence-electron chi connectivity index (χ4n) is 1.19. The summed E-state index contributed by atoms with van der Waals surface area (Å²) < 4.78 is 0.803. The normalized spacial score (nSPS) is 9.67. The third-order valence-electron chi connectivity index (χ3n) is 2.00. The van der Waals surface area contributed by atoms with Crippen LogP contribution in [0.4, 0.5) is 5.69 Å². The Morgan fingerprint density at radius 1 is 1.40 bits per heavy atom. The van der Waals surface area contributed by atoms with E-state index in [1.165, 1.54) is 0 Å². The molecule has 0 radical (unpaired) electrons. The van der Waals surface area contributed by atoms with Crippen molar-refractivity contribution in [3.05, 3.63) is 28.2 Å². The highest BCUT2D eigenvalue weighted by molar-refractivity contribution is 9.10. The van der Waals surface area contributed by atoms with Crippen LogP contribution in [-0.2, 0) is 0 Å². The van der Waals surface area contributed by atoms with E-state index in [9.17, 15) is 0 Å². The van der Waals surface area contributed by atoms with Crippen LogP contribution < -0.4 is 5.32 Å². The smallest absolute Gasteiger partial charge is 0.100 e. The number of benzene rings is 1. The van der Waals surface area contributed by atoms with E-state index in [4.69, 9.17) is 10.4 Å². The molecular weight excluding hydrogens is 256 g/mol. The molecule has 0 atom stereocenters. The van der Waals surface area contributed by atoms with Gasteiger partial charge in [0.1, 0.15) is 6.07 Å². The number of hydrogen-bond donors (Lipinski definition) is 2. The van der Waals surface area contributed by atoms with Gasteiger partial charge in [-0.25, -0.2) is 0 Å². The molecule has 0 aromatic heterocycles. The largest absolute Gasteiger partial charge is 0.396 e. The zero-order valence-electron chi connectivity index (χ0n) is 8.33. The molecule has 0 aliphatic carbocycles. The van der Waals surface area contributed by atoms with Crippen molar-refractivity contribution in [3.63, 3.8) is 0 Å². The summed E-state index contributed by atoms with van der Waals surface area (Å²) in [6.45, 7) is 1.07. The highest BCUT2D eigenvalue weighted by Gasteiger charge is 1.99. The Balaban J connectivity index is 2.49. The lowest BCUT2D eigenvalue weighted by atomic mass is 10.2. The molecule has 0 saturated carbocycles. The first-order chi connectivity index (χ1) is 7.27. The Morgan fingerprint density at radius 2 is 2.20 bits per heavy atom. The first-order valence-electron chi connectivity index (χ1n) is 4.82. The lowest BCUT2D eigenvalue weighted by Crippen LogP contribution is -2.02. The molecule has 2 N–H and O–H groups in total. The van der Waals surface area contributed by atoms with Gasteiger partial charge in [0.25, 0.3) is 0 Å². The number of aliphatic hydroxyl groups is 1. The molecule has 0 aliphatic heterocycles. The molecular formula is C11H13BrN2O. The summed E-state index contributed by atoms with van der Waals surface area (Å²) in [5.74, 6) is 0. The van der Waals surface area contributed by atoms with E-state index in [2.05, 4.69) is 27.3 Å². The summed E-state index contributed by atoms with van der Waals surface area (Å²) in [5.41, 5.74) is 1.62. The summed E-state index contributed by atoms with van der Waals surface area (Å²) in [7, 11) is 0. The Labute approximate surface area is 97.9 Å². The van der Waals surface area contributed by atoms with Crippen molar-refractivity contribution in [2.75, 3.05) is 18.5 Å². The average molecular weight is 269 g/mol. The molecule has 1 rings (SSSR count). The molecule has 4 heteroatoms. The number of halogens is 1. The predicted octanol–water partition coefficient (Wildman–Crippen LogP) is 2.51. The Hall–Kier alpha value is -1.05. The molecule has 15 heavy (non-hydrogen) atoms. The van der Waals surface area contributed by atoms with Crippen LogP contribution in [0.5, 0.6) is 0 Å². The molecule has 0 saturated heterocycles. The van der Waals surface area contributed by atoms with Crippen molar-refractivity contribution in [1.29, 1.82) is 5.26 Å². The average Bonchev–Trinajstić information content (AvgIpc) is 2.25. The zero-order valence-corrected chi connectivity index (χ0v) is 9.92. The number of nitrogens with zero attached hydrogens (tertiary/aromatic N) is 1. The van der Waals surface area contributed by atoms with Crippen molar-refractivity contribution >= 4 is 21.6 Å². The van der Waals surface area contributed by atoms with Gasteiger partial charge in [-0.05, 0) is 47.0 Å². The van der Waals surface area contributed by atoms with Crippen LogP contribution in [0.2, 0.25) is 0 Å². The fourth-order valence-corrected chi connectivity index (χ4v) is 1.65. The van der Waals surface area contributed by atoms with Crippen LogP contribution in [0.25, 0.3) is 0 Å². The molecule has 0 spiro atoms. The topological polar surface area (TPSA) is 56.0 Å². The Bertz CT molecular complexity index is 360. The maximum absolute atomic E-state index is 8.73. The molecule has 0 fully saturated rings. The lowest BCUT2D eigenvalue weighted by molar-refractivity contribution is 0.286. The number of aliphatic hydroxyl groups excluding tert-OH is 1. The van der Waals surface area contributed by atoms with Crippen LogP contribution in [0.15, 0.2) is 22.7 Å². The summed E-state index contributed by atoms with van der Waals surface area (Å²) in [4.78, 5) is 0. The highest BCUT2D eigenvalue weighted by Crippen LogP contribution is 2.20. The monoisotopic (exact) mass is 268 g/mol. The van der Waals surface area contributed by atoms with E-state index in [0.717, 1.165) is 29.5 Å². The third kappa shape index (κ3) is 3.90. The molecule has 1 aromatic rings. The molecule has 0 bridgehead atoms. The van der Waals surface area contributed by atoms with E-state index in [-0.39, 0.29) is 6.61 Å². The van der Waals surface area contributed by atoms with Crippen molar-refractivity contribution in [2.24, 2.45) is 0 Å². The van der Waals surface area contributed by atoms with Crippen LogP contribution in [-0.4, -0.2) is 18.3 Å². The molecule has 1 aromatic carbocycles. The summed E-state index contributed by atoms with van der Waals surface area (Å²) in [5, 5.41) is 20.6. The molecule has 0 unspecified atom stereocenters. The molecule has 3 nitrogen and oxygen atoms in total. The standard InChI is InChI=1S/C11H13BrN2O/c12-11-7-10(4-3-9(11)8-13)14-5-1-2-6-15/h3-4,7,14-15H,1-2,5-6H2. The predicted molar refractivity (Wildman–Crippen MR) is 63.7 cm³/mol. The minimum Gasteiger partial charge on any atom is -0.396 e.